The molecule has 0 bridgehead atoms. The predicted molar refractivity (Wildman–Crippen MR) is 111 cm³/mol. The smallest absolute Gasteiger partial charge is 0.264 e. The van der Waals surface area contributed by atoms with Crippen LogP contribution in [0, 0.1) is 5.82 Å². The van der Waals surface area contributed by atoms with Crippen LogP contribution < -0.4 is 15.4 Å². The number of primary amides is 1. The molecule has 30 heavy (non-hydrogen) atoms. The highest BCUT2D eigenvalue weighted by atomic mass is 32.2. The first kappa shape index (κ1) is 21.0. The van der Waals surface area contributed by atoms with E-state index in [0.717, 1.165) is 16.4 Å². The summed E-state index contributed by atoms with van der Waals surface area (Å²) in [6.45, 7) is 0. The van der Waals surface area contributed by atoms with E-state index < -0.39 is 27.7 Å². The molecule has 0 radical (unpaired) electrons. The van der Waals surface area contributed by atoms with Crippen molar-refractivity contribution in [3.05, 3.63) is 89.7 Å². The summed E-state index contributed by atoms with van der Waals surface area (Å²) in [6.07, 6.45) is 0. The van der Waals surface area contributed by atoms with Crippen LogP contribution in [0.3, 0.4) is 0 Å². The van der Waals surface area contributed by atoms with Crippen molar-refractivity contribution in [1.29, 1.82) is 0 Å². The summed E-state index contributed by atoms with van der Waals surface area (Å²) in [5.74, 6) is -1.80. The summed E-state index contributed by atoms with van der Waals surface area (Å²) >= 11 is 0. The highest BCUT2D eigenvalue weighted by molar-refractivity contribution is 7.92. The Morgan fingerprint density at radius 1 is 0.967 bits per heavy atom. The molecule has 3 aromatic carbocycles. The molecule has 3 N–H and O–H groups in total. The molecule has 0 spiro atoms. The van der Waals surface area contributed by atoms with E-state index in [1.807, 2.05) is 0 Å². The molecule has 9 heteroatoms. The van der Waals surface area contributed by atoms with Crippen molar-refractivity contribution >= 4 is 33.2 Å². The van der Waals surface area contributed by atoms with Crippen molar-refractivity contribution < 1.29 is 22.4 Å². The number of halogens is 1. The van der Waals surface area contributed by atoms with E-state index in [1.165, 1.54) is 55.6 Å². The molecule has 0 aliphatic heterocycles. The predicted octanol–water partition coefficient (Wildman–Crippen LogP) is 3.00. The van der Waals surface area contributed by atoms with Crippen molar-refractivity contribution in [2.45, 2.75) is 4.90 Å². The maximum Gasteiger partial charge on any atom is 0.264 e. The SMILES string of the molecule is CN(c1ccc(F)cc1)S(=O)(=O)c1cccc(C(=O)Nc2ccccc2C(N)=O)c1. The summed E-state index contributed by atoms with van der Waals surface area (Å²) in [4.78, 5) is 24.0. The summed E-state index contributed by atoms with van der Waals surface area (Å²) in [5, 5.41) is 2.56. The van der Waals surface area contributed by atoms with Crippen LogP contribution in [0.4, 0.5) is 15.8 Å². The quantitative estimate of drug-likeness (QED) is 0.630. The Morgan fingerprint density at radius 2 is 1.63 bits per heavy atom. The van der Waals surface area contributed by atoms with Crippen LogP contribution in [0.15, 0.2) is 77.7 Å². The zero-order valence-corrected chi connectivity index (χ0v) is 16.7. The lowest BCUT2D eigenvalue weighted by Crippen LogP contribution is -2.27. The minimum absolute atomic E-state index is 0.0721. The first-order valence-electron chi connectivity index (χ1n) is 8.75. The van der Waals surface area contributed by atoms with E-state index in [4.69, 9.17) is 5.73 Å². The van der Waals surface area contributed by atoms with E-state index >= 15 is 0 Å². The van der Waals surface area contributed by atoms with Gasteiger partial charge in [0.05, 0.1) is 21.8 Å². The number of amides is 2. The lowest BCUT2D eigenvalue weighted by atomic mass is 10.1. The number of benzene rings is 3. The monoisotopic (exact) mass is 427 g/mol. The normalized spacial score (nSPS) is 11.0. The molecule has 0 atom stereocenters. The van der Waals surface area contributed by atoms with Crippen LogP contribution in [-0.4, -0.2) is 27.3 Å². The Balaban J connectivity index is 1.89. The lowest BCUT2D eigenvalue weighted by molar-refractivity contribution is 0.100. The summed E-state index contributed by atoms with van der Waals surface area (Å²) in [7, 11) is -2.67. The van der Waals surface area contributed by atoms with Crippen LogP contribution >= 0.6 is 0 Å². The first-order valence-corrected chi connectivity index (χ1v) is 10.2. The minimum Gasteiger partial charge on any atom is -0.366 e. The lowest BCUT2D eigenvalue weighted by Gasteiger charge is -2.20. The van der Waals surface area contributed by atoms with Gasteiger partial charge >= 0.3 is 0 Å². The molecule has 3 rings (SSSR count). The Bertz CT molecular complexity index is 1210. The molecule has 7 nitrogen and oxygen atoms in total. The van der Waals surface area contributed by atoms with Gasteiger partial charge in [-0.15, -0.1) is 0 Å². The van der Waals surface area contributed by atoms with E-state index in [1.54, 1.807) is 12.1 Å². The number of anilines is 2. The second-order valence-electron chi connectivity index (χ2n) is 6.34. The first-order chi connectivity index (χ1) is 14.2. The number of nitrogens with zero attached hydrogens (tertiary/aromatic N) is 1. The van der Waals surface area contributed by atoms with Gasteiger partial charge in [0.25, 0.3) is 21.8 Å². The summed E-state index contributed by atoms with van der Waals surface area (Å²) in [5.41, 5.74) is 5.99. The zero-order valence-electron chi connectivity index (χ0n) is 15.9. The number of hydrogen-bond donors (Lipinski definition) is 2. The van der Waals surface area contributed by atoms with Gasteiger partial charge in [-0.1, -0.05) is 18.2 Å². The number of nitrogens with one attached hydrogen (secondary N) is 1. The minimum atomic E-state index is -4.00. The van der Waals surface area contributed by atoms with Gasteiger partial charge in [-0.25, -0.2) is 12.8 Å². The summed E-state index contributed by atoms with van der Waals surface area (Å²) < 4.78 is 40.0. The van der Waals surface area contributed by atoms with Crippen LogP contribution in [0.1, 0.15) is 20.7 Å². The molecule has 0 saturated carbocycles. The Hall–Kier alpha value is -3.72. The third-order valence-corrected chi connectivity index (χ3v) is 6.17. The maximum atomic E-state index is 13.1. The maximum absolute atomic E-state index is 13.1. The fourth-order valence-electron chi connectivity index (χ4n) is 2.75. The van der Waals surface area contributed by atoms with Gasteiger partial charge in [-0.05, 0) is 54.6 Å². The standard InChI is InChI=1S/C21H18FN3O4S/c1-25(16-11-9-15(22)10-12-16)30(28,29)17-6-4-5-14(13-17)21(27)24-19-8-3-2-7-18(19)20(23)26/h2-13H,1H3,(H2,23,26)(H,24,27). The van der Waals surface area contributed by atoms with Crippen LogP contribution in [-0.2, 0) is 10.0 Å². The van der Waals surface area contributed by atoms with Crippen molar-refractivity contribution in [2.75, 3.05) is 16.7 Å². The molecule has 3 aromatic rings. The second-order valence-corrected chi connectivity index (χ2v) is 8.31. The third-order valence-electron chi connectivity index (χ3n) is 4.39. The van der Waals surface area contributed by atoms with E-state index in [2.05, 4.69) is 5.32 Å². The number of nitrogens with two attached hydrogens (primary N) is 1. The molecule has 0 aliphatic rings. The van der Waals surface area contributed by atoms with Crippen molar-refractivity contribution in [3.8, 4) is 0 Å². The highest BCUT2D eigenvalue weighted by Crippen LogP contribution is 2.23. The number of sulfonamides is 1. The molecule has 0 unspecified atom stereocenters. The number of para-hydroxylation sites is 1. The molecule has 0 fully saturated rings. The van der Waals surface area contributed by atoms with Gasteiger partial charge in [0, 0.05) is 12.6 Å². The van der Waals surface area contributed by atoms with Crippen molar-refractivity contribution in [3.63, 3.8) is 0 Å². The van der Waals surface area contributed by atoms with E-state index in [9.17, 15) is 22.4 Å². The van der Waals surface area contributed by atoms with Gasteiger partial charge in [0.1, 0.15) is 5.82 Å². The van der Waals surface area contributed by atoms with Gasteiger partial charge < -0.3 is 11.1 Å². The largest absolute Gasteiger partial charge is 0.366 e. The summed E-state index contributed by atoms with van der Waals surface area (Å²) in [6, 6.07) is 16.6. The molecule has 0 saturated heterocycles. The topological polar surface area (TPSA) is 110 Å². The highest BCUT2D eigenvalue weighted by Gasteiger charge is 2.23. The fraction of sp³-hybridized carbons (Fsp3) is 0.0476. The molecular formula is C21H18FN3O4S. The van der Waals surface area contributed by atoms with Crippen LogP contribution in [0.5, 0.6) is 0 Å². The van der Waals surface area contributed by atoms with Crippen LogP contribution in [0.2, 0.25) is 0 Å². The van der Waals surface area contributed by atoms with E-state index in [0.29, 0.717) is 0 Å². The van der Waals surface area contributed by atoms with Gasteiger partial charge in [0.2, 0.25) is 0 Å². The average Bonchev–Trinajstić information content (AvgIpc) is 2.74. The molecule has 2 amide bonds. The zero-order chi connectivity index (χ0) is 21.9. The van der Waals surface area contributed by atoms with Crippen molar-refractivity contribution in [1.82, 2.24) is 0 Å². The number of hydrogen-bond acceptors (Lipinski definition) is 4. The average molecular weight is 427 g/mol. The fourth-order valence-corrected chi connectivity index (χ4v) is 3.99. The number of carbonyl (C=O) groups is 2. The molecule has 0 aliphatic carbocycles. The van der Waals surface area contributed by atoms with E-state index in [-0.39, 0.29) is 27.4 Å². The van der Waals surface area contributed by atoms with Crippen LogP contribution in [0.25, 0.3) is 0 Å². The number of rotatable bonds is 6. The Labute approximate surface area is 173 Å². The van der Waals surface area contributed by atoms with Gasteiger partial charge in [0.15, 0.2) is 0 Å². The van der Waals surface area contributed by atoms with Gasteiger partial charge in [-0.2, -0.15) is 0 Å². The Kier molecular flexibility index (Phi) is 5.84. The van der Waals surface area contributed by atoms with Gasteiger partial charge in [-0.3, -0.25) is 13.9 Å². The molecular weight excluding hydrogens is 409 g/mol. The van der Waals surface area contributed by atoms with Crippen molar-refractivity contribution in [2.24, 2.45) is 5.73 Å². The molecule has 154 valence electrons. The third kappa shape index (κ3) is 4.31. The number of carbonyl (C=O) groups excluding carboxylic acids is 2. The second kappa shape index (κ2) is 8.34. The molecule has 0 aromatic heterocycles. The Morgan fingerprint density at radius 3 is 2.30 bits per heavy atom. The molecule has 0 heterocycles.